The fourth-order valence-electron chi connectivity index (χ4n) is 1.33. The van der Waals surface area contributed by atoms with Gasteiger partial charge in [-0.15, -0.1) is 0 Å². The summed E-state index contributed by atoms with van der Waals surface area (Å²) >= 11 is 5.99. The summed E-state index contributed by atoms with van der Waals surface area (Å²) in [7, 11) is 0. The van der Waals surface area contributed by atoms with Crippen molar-refractivity contribution >= 4 is 17.3 Å². The van der Waals surface area contributed by atoms with Crippen molar-refractivity contribution in [3.8, 4) is 0 Å². The second-order valence-electron chi connectivity index (χ2n) is 3.81. The zero-order valence-electron chi connectivity index (χ0n) is 8.00. The molecule has 1 saturated carbocycles. The number of rotatable bonds is 4. The maximum Gasteiger partial charge on any atom is 0.0732 e. The minimum atomic E-state index is 0.570. The van der Waals surface area contributed by atoms with Crippen LogP contribution >= 0.6 is 11.6 Å². The molecule has 1 aromatic rings. The Kier molecular flexibility index (Phi) is 2.94. The Morgan fingerprint density at radius 2 is 2.21 bits per heavy atom. The zero-order chi connectivity index (χ0) is 9.97. The number of nitrogens with two attached hydrogens (primary N) is 1. The summed E-state index contributed by atoms with van der Waals surface area (Å²) in [6.45, 7) is 1.42. The Balaban J connectivity index is 1.89. The predicted molar refractivity (Wildman–Crippen MR) is 58.2 cm³/mol. The molecule has 2 rings (SSSR count). The van der Waals surface area contributed by atoms with Crippen LogP contribution in [0.15, 0.2) is 18.2 Å². The van der Waals surface area contributed by atoms with Crippen molar-refractivity contribution in [3.63, 3.8) is 0 Å². The molecule has 0 radical (unpaired) electrons. The lowest BCUT2D eigenvalue weighted by Gasteiger charge is -2.06. The molecule has 76 valence electrons. The molecule has 14 heavy (non-hydrogen) atoms. The van der Waals surface area contributed by atoms with Gasteiger partial charge in [0.1, 0.15) is 0 Å². The fourth-order valence-corrected chi connectivity index (χ4v) is 1.50. The Morgan fingerprint density at radius 3 is 2.93 bits per heavy atom. The molecule has 0 atom stereocenters. The highest BCUT2D eigenvalue weighted by atomic mass is 35.5. The summed E-state index contributed by atoms with van der Waals surface area (Å²) in [4.78, 5) is 0. The third kappa shape index (κ3) is 2.63. The number of halogens is 1. The zero-order valence-corrected chi connectivity index (χ0v) is 8.76. The van der Waals surface area contributed by atoms with Gasteiger partial charge in [0.2, 0.25) is 0 Å². The van der Waals surface area contributed by atoms with Gasteiger partial charge in [0.05, 0.1) is 6.61 Å². The monoisotopic (exact) mass is 211 g/mol. The summed E-state index contributed by atoms with van der Waals surface area (Å²) < 4.78 is 5.54. The second-order valence-corrected chi connectivity index (χ2v) is 4.22. The molecule has 1 aliphatic rings. The van der Waals surface area contributed by atoms with Gasteiger partial charge in [-0.25, -0.2) is 0 Å². The Bertz CT molecular complexity index is 323. The minimum absolute atomic E-state index is 0.570. The largest absolute Gasteiger partial charge is 0.399 e. The Hall–Kier alpha value is -0.730. The SMILES string of the molecule is Nc1ccc(Cl)c(COCC2CC2)c1. The normalized spacial score (nSPS) is 15.8. The van der Waals surface area contributed by atoms with Gasteiger partial charge in [-0.05, 0) is 42.5 Å². The number of hydrogen-bond acceptors (Lipinski definition) is 2. The standard InChI is InChI=1S/C11H14ClNO/c12-11-4-3-10(13)5-9(11)7-14-6-8-1-2-8/h3-5,8H,1-2,6-7,13H2. The van der Waals surface area contributed by atoms with Gasteiger partial charge in [0.15, 0.2) is 0 Å². The molecule has 0 aromatic heterocycles. The second kappa shape index (κ2) is 4.20. The number of hydrogen-bond donors (Lipinski definition) is 1. The quantitative estimate of drug-likeness (QED) is 0.778. The van der Waals surface area contributed by atoms with Crippen molar-refractivity contribution in [1.82, 2.24) is 0 Å². The van der Waals surface area contributed by atoms with Crippen LogP contribution < -0.4 is 5.73 Å². The Labute approximate surface area is 89.0 Å². The molecule has 1 fully saturated rings. The van der Waals surface area contributed by atoms with E-state index in [4.69, 9.17) is 22.1 Å². The van der Waals surface area contributed by atoms with Crippen molar-refractivity contribution in [1.29, 1.82) is 0 Å². The van der Waals surface area contributed by atoms with Crippen LogP contribution in [-0.4, -0.2) is 6.61 Å². The van der Waals surface area contributed by atoms with Gasteiger partial charge >= 0.3 is 0 Å². The van der Waals surface area contributed by atoms with Gasteiger partial charge in [0, 0.05) is 17.3 Å². The van der Waals surface area contributed by atoms with Crippen molar-refractivity contribution in [2.45, 2.75) is 19.4 Å². The first-order valence-corrected chi connectivity index (χ1v) is 5.25. The van der Waals surface area contributed by atoms with Crippen LogP contribution in [0.5, 0.6) is 0 Å². The number of nitrogen functional groups attached to an aromatic ring is 1. The molecule has 1 aliphatic carbocycles. The topological polar surface area (TPSA) is 35.2 Å². The fraction of sp³-hybridized carbons (Fsp3) is 0.455. The number of benzene rings is 1. The summed E-state index contributed by atoms with van der Waals surface area (Å²) in [6.07, 6.45) is 2.62. The maximum absolute atomic E-state index is 5.99. The molecule has 3 heteroatoms. The van der Waals surface area contributed by atoms with Gasteiger partial charge < -0.3 is 10.5 Å². The van der Waals surface area contributed by atoms with E-state index in [0.717, 1.165) is 28.8 Å². The first-order valence-electron chi connectivity index (χ1n) is 4.87. The lowest BCUT2D eigenvalue weighted by Crippen LogP contribution is -1.98. The van der Waals surface area contributed by atoms with E-state index >= 15 is 0 Å². The molecule has 0 unspecified atom stereocenters. The Morgan fingerprint density at radius 1 is 1.43 bits per heavy atom. The summed E-state index contributed by atoms with van der Waals surface area (Å²) in [5, 5.41) is 0.731. The highest BCUT2D eigenvalue weighted by molar-refractivity contribution is 6.31. The molecule has 0 aliphatic heterocycles. The molecule has 2 N–H and O–H groups in total. The van der Waals surface area contributed by atoms with E-state index < -0.39 is 0 Å². The van der Waals surface area contributed by atoms with Crippen LogP contribution in [-0.2, 0) is 11.3 Å². The number of ether oxygens (including phenoxy) is 1. The molecule has 0 spiro atoms. The minimum Gasteiger partial charge on any atom is -0.399 e. The third-order valence-electron chi connectivity index (χ3n) is 2.38. The lowest BCUT2D eigenvalue weighted by molar-refractivity contribution is 0.111. The van der Waals surface area contributed by atoms with E-state index in [9.17, 15) is 0 Å². The molecular weight excluding hydrogens is 198 g/mol. The summed E-state index contributed by atoms with van der Waals surface area (Å²) in [5.74, 6) is 0.787. The van der Waals surface area contributed by atoms with Crippen molar-refractivity contribution in [3.05, 3.63) is 28.8 Å². The van der Waals surface area contributed by atoms with E-state index in [2.05, 4.69) is 0 Å². The van der Waals surface area contributed by atoms with E-state index in [1.165, 1.54) is 12.8 Å². The van der Waals surface area contributed by atoms with E-state index in [1.807, 2.05) is 12.1 Å². The van der Waals surface area contributed by atoms with Crippen LogP contribution in [0.4, 0.5) is 5.69 Å². The highest BCUT2D eigenvalue weighted by Crippen LogP contribution is 2.29. The van der Waals surface area contributed by atoms with Crippen LogP contribution in [0.25, 0.3) is 0 Å². The van der Waals surface area contributed by atoms with Crippen LogP contribution in [0.2, 0.25) is 5.02 Å². The van der Waals surface area contributed by atoms with Gasteiger partial charge in [0.25, 0.3) is 0 Å². The first-order chi connectivity index (χ1) is 6.75. The smallest absolute Gasteiger partial charge is 0.0732 e. The summed E-state index contributed by atoms with van der Waals surface area (Å²) in [6, 6.07) is 5.48. The van der Waals surface area contributed by atoms with Crippen molar-refractivity contribution in [2.24, 2.45) is 5.92 Å². The lowest BCUT2D eigenvalue weighted by atomic mass is 10.2. The molecule has 0 bridgehead atoms. The predicted octanol–water partition coefficient (Wildman–Crippen LogP) is 2.85. The highest BCUT2D eigenvalue weighted by Gasteiger charge is 2.21. The van der Waals surface area contributed by atoms with Crippen LogP contribution in [0.1, 0.15) is 18.4 Å². The van der Waals surface area contributed by atoms with Gasteiger partial charge in [-0.1, -0.05) is 11.6 Å². The molecule has 2 nitrogen and oxygen atoms in total. The third-order valence-corrected chi connectivity index (χ3v) is 2.75. The molecular formula is C11H14ClNO. The average molecular weight is 212 g/mol. The van der Waals surface area contributed by atoms with E-state index in [-0.39, 0.29) is 0 Å². The van der Waals surface area contributed by atoms with Crippen molar-refractivity contribution < 1.29 is 4.74 Å². The van der Waals surface area contributed by atoms with Crippen LogP contribution in [0.3, 0.4) is 0 Å². The van der Waals surface area contributed by atoms with E-state index in [1.54, 1.807) is 6.07 Å². The molecule has 0 amide bonds. The van der Waals surface area contributed by atoms with E-state index in [0.29, 0.717) is 6.61 Å². The number of anilines is 1. The molecule has 0 heterocycles. The van der Waals surface area contributed by atoms with Gasteiger partial charge in [-0.2, -0.15) is 0 Å². The van der Waals surface area contributed by atoms with Gasteiger partial charge in [-0.3, -0.25) is 0 Å². The van der Waals surface area contributed by atoms with Crippen LogP contribution in [0, 0.1) is 5.92 Å². The molecule has 1 aromatic carbocycles. The first kappa shape index (κ1) is 9.81. The maximum atomic E-state index is 5.99. The average Bonchev–Trinajstić information content (AvgIpc) is 2.95. The summed E-state index contributed by atoms with van der Waals surface area (Å²) in [5.41, 5.74) is 7.37. The molecule has 0 saturated heterocycles. The van der Waals surface area contributed by atoms with Crippen molar-refractivity contribution in [2.75, 3.05) is 12.3 Å².